The largest absolute Gasteiger partial charge is 0.466 e. The number of phosphoric acid groups is 1. The quantitative estimate of drug-likeness (QED) is 0.367. The highest BCUT2D eigenvalue weighted by Crippen LogP contribution is 2.25. The van der Waals surface area contributed by atoms with Gasteiger partial charge in [0.05, 0.1) is 0 Å². The first-order valence-corrected chi connectivity index (χ1v) is 5.68. The highest BCUT2D eigenvalue weighted by molar-refractivity contribution is 7.45. The Bertz CT molecular complexity index is 79.5. The summed E-state index contributed by atoms with van der Waals surface area (Å²) in [5.74, 6) is 0. The van der Waals surface area contributed by atoms with E-state index in [4.69, 9.17) is 19.2 Å². The minimum Gasteiger partial charge on any atom is -0.303 e. The van der Waals surface area contributed by atoms with Crippen LogP contribution in [-0.2, 0) is 4.57 Å². The fourth-order valence-corrected chi connectivity index (χ4v) is 0. The van der Waals surface area contributed by atoms with Gasteiger partial charge >= 0.3 is 7.82 Å². The molecule has 0 saturated carbocycles. The molecule has 0 saturated heterocycles. The topological polar surface area (TPSA) is 77.8 Å². The van der Waals surface area contributed by atoms with Gasteiger partial charge in [-0.2, -0.15) is 0 Å². The van der Waals surface area contributed by atoms with Crippen LogP contribution in [0.1, 0.15) is 13.3 Å². The van der Waals surface area contributed by atoms with E-state index in [1.165, 1.54) is 28.0 Å². The Hall–Kier alpha value is 0.642. The molecule has 0 bridgehead atoms. The van der Waals surface area contributed by atoms with Gasteiger partial charge in [0.1, 0.15) is 0 Å². The van der Waals surface area contributed by atoms with Gasteiger partial charge in [-0.1, -0.05) is 13.3 Å². The van der Waals surface area contributed by atoms with E-state index >= 15 is 0 Å². The zero-order valence-corrected chi connectivity index (χ0v) is 8.51. The van der Waals surface area contributed by atoms with Crippen LogP contribution < -0.4 is 0 Å². The van der Waals surface area contributed by atoms with E-state index in [1.807, 2.05) is 0 Å². The second kappa shape index (κ2) is 6.76. The highest BCUT2D eigenvalue weighted by atomic mass is 31.2. The van der Waals surface area contributed by atoms with Crippen molar-refractivity contribution in [1.82, 2.24) is 0 Å². The molecule has 6 heteroatoms. The molecule has 4 nitrogen and oxygen atoms in total. The molecule has 0 aliphatic heterocycles. The van der Waals surface area contributed by atoms with E-state index in [2.05, 4.69) is 6.92 Å². The molecule has 0 aliphatic rings. The van der Waals surface area contributed by atoms with Crippen LogP contribution in [0.15, 0.2) is 0 Å². The smallest absolute Gasteiger partial charge is 0.303 e. The van der Waals surface area contributed by atoms with Gasteiger partial charge in [0.2, 0.25) is 16.3 Å². The summed E-state index contributed by atoms with van der Waals surface area (Å²) in [5, 5.41) is 1.46. The first-order valence-electron chi connectivity index (χ1n) is 2.70. The molecule has 0 heterocycles. The minimum absolute atomic E-state index is 1.38. The van der Waals surface area contributed by atoms with Crippen molar-refractivity contribution in [1.29, 1.82) is 0 Å². The minimum atomic E-state index is -4.64. The molecule has 56 valence electrons. The van der Waals surface area contributed by atoms with Crippen molar-refractivity contribution in [2.45, 2.75) is 18.6 Å². The molecule has 0 atom stereocenters. The lowest BCUT2D eigenvalue weighted by Gasteiger charge is -1.82. The van der Waals surface area contributed by atoms with Gasteiger partial charge in [-0.15, -0.1) is 5.28 Å². The number of hydrogen-bond donors (Lipinski definition) is 3. The van der Waals surface area contributed by atoms with Crippen molar-refractivity contribution in [3.8, 4) is 0 Å². The molecule has 0 rings (SSSR count). The molecule has 0 aromatic carbocycles. The van der Waals surface area contributed by atoms with E-state index in [9.17, 15) is 0 Å². The van der Waals surface area contributed by atoms with Crippen LogP contribution >= 0.6 is 7.82 Å². The van der Waals surface area contributed by atoms with Crippen LogP contribution in [0.4, 0.5) is 0 Å². The van der Waals surface area contributed by atoms with Crippen LogP contribution in [0, 0.1) is 0 Å². The molecule has 9 heavy (non-hydrogen) atoms. The molecule has 0 aromatic heterocycles. The van der Waals surface area contributed by atoms with E-state index in [1.54, 1.807) is 0 Å². The second-order valence-corrected chi connectivity index (χ2v) is 3.54. The molecular weight excluding hydrogens is 158 g/mol. The normalized spacial score (nSPS) is 9.78. The fourth-order valence-electron chi connectivity index (χ4n) is 0. The summed E-state index contributed by atoms with van der Waals surface area (Å²) in [6.07, 6.45) is 1.38. The van der Waals surface area contributed by atoms with Gasteiger partial charge in [-0.25, -0.2) is 4.57 Å². The Morgan fingerprint density at radius 2 is 1.56 bits per heavy atom. The number of hydrogen-bond acceptors (Lipinski definition) is 1. The summed E-state index contributed by atoms with van der Waals surface area (Å²) in [5.41, 5.74) is 0. The van der Waals surface area contributed by atoms with Gasteiger partial charge in [-0.3, -0.25) is 0 Å². The standard InChI is InChI=1S/C3H7.Al.H3O4P.2H/c1-3-2;;1-5(2,3)4;;/h1,3H2,2H3;;(H3,1,2,3,4);;. The molecule has 0 aliphatic carbocycles. The van der Waals surface area contributed by atoms with E-state index in [0.29, 0.717) is 0 Å². The average molecular weight is 170 g/mol. The van der Waals surface area contributed by atoms with Gasteiger partial charge < -0.3 is 14.7 Å². The van der Waals surface area contributed by atoms with Crippen molar-refractivity contribution < 1.29 is 19.2 Å². The fraction of sp³-hybridized carbons (Fsp3) is 1.00. The maximum atomic E-state index is 8.88. The third kappa shape index (κ3) is 141. The molecule has 0 fully saturated rings. The molecular formula is C3H12AlO4P. The second-order valence-electron chi connectivity index (χ2n) is 1.51. The first-order chi connectivity index (χ1) is 3.91. The Kier molecular flexibility index (Phi) is 9.26. The van der Waals surface area contributed by atoms with E-state index in [-0.39, 0.29) is 0 Å². The lowest BCUT2D eigenvalue weighted by atomic mass is 10.6. The summed E-state index contributed by atoms with van der Waals surface area (Å²) < 4.78 is 8.88. The van der Waals surface area contributed by atoms with Crippen molar-refractivity contribution in [2.75, 3.05) is 0 Å². The van der Waals surface area contributed by atoms with E-state index < -0.39 is 7.82 Å². The first kappa shape index (κ1) is 12.3. The SMILES string of the molecule is CC[CH2][AlH2].O=P(O)(O)O. The van der Waals surface area contributed by atoms with Crippen molar-refractivity contribution >= 4 is 24.1 Å². The number of rotatable bonds is 1. The van der Waals surface area contributed by atoms with E-state index in [0.717, 1.165) is 0 Å². The van der Waals surface area contributed by atoms with Crippen LogP contribution in [0.5, 0.6) is 0 Å². The van der Waals surface area contributed by atoms with Gasteiger partial charge in [0, 0.05) is 0 Å². The Labute approximate surface area is 62.6 Å². The monoisotopic (exact) mass is 170 g/mol. The van der Waals surface area contributed by atoms with Gasteiger partial charge in [0.25, 0.3) is 0 Å². The van der Waals surface area contributed by atoms with Gasteiger partial charge in [-0.05, 0) is 0 Å². The maximum Gasteiger partial charge on any atom is 0.466 e. The van der Waals surface area contributed by atoms with Crippen LogP contribution in [-0.4, -0.2) is 31.0 Å². The van der Waals surface area contributed by atoms with Crippen molar-refractivity contribution in [3.05, 3.63) is 0 Å². The lowest BCUT2D eigenvalue weighted by molar-refractivity contribution is 0.275. The Morgan fingerprint density at radius 3 is 1.56 bits per heavy atom. The third-order valence-corrected chi connectivity index (χ3v) is 1.50. The summed E-state index contributed by atoms with van der Waals surface area (Å²) in [6.45, 7) is 2.22. The van der Waals surface area contributed by atoms with Crippen LogP contribution in [0.2, 0.25) is 5.28 Å². The Balaban J connectivity index is 0. The average Bonchev–Trinajstić information content (AvgIpc) is 1.61. The predicted molar refractivity (Wildman–Crippen MR) is 37.9 cm³/mol. The van der Waals surface area contributed by atoms with Crippen molar-refractivity contribution in [3.63, 3.8) is 0 Å². The molecule has 0 unspecified atom stereocenters. The molecule has 0 spiro atoms. The van der Waals surface area contributed by atoms with Crippen LogP contribution in [0.3, 0.4) is 0 Å². The Morgan fingerprint density at radius 1 is 1.44 bits per heavy atom. The van der Waals surface area contributed by atoms with Crippen LogP contribution in [0.25, 0.3) is 0 Å². The predicted octanol–water partition coefficient (Wildman–Crippen LogP) is -0.481. The lowest BCUT2D eigenvalue weighted by Crippen LogP contribution is -1.66. The molecule has 0 aromatic rings. The highest BCUT2D eigenvalue weighted by Gasteiger charge is 2.00. The maximum absolute atomic E-state index is 8.88. The molecule has 3 N–H and O–H groups in total. The summed E-state index contributed by atoms with van der Waals surface area (Å²) in [7, 11) is -4.64. The zero-order chi connectivity index (χ0) is 7.91. The molecule has 0 amide bonds. The van der Waals surface area contributed by atoms with Crippen molar-refractivity contribution in [2.24, 2.45) is 0 Å². The third-order valence-electron chi connectivity index (χ3n) is 0.500. The van der Waals surface area contributed by atoms with Gasteiger partial charge in [0.15, 0.2) is 0 Å². The molecule has 0 radical (unpaired) electrons. The summed E-state index contributed by atoms with van der Waals surface area (Å²) in [4.78, 5) is 21.6. The summed E-state index contributed by atoms with van der Waals surface area (Å²) in [6, 6.07) is 0. The zero-order valence-electron chi connectivity index (χ0n) is 5.61. The summed E-state index contributed by atoms with van der Waals surface area (Å²) >= 11 is 1.39.